The molecule has 0 radical (unpaired) electrons. The van der Waals surface area contributed by atoms with Gasteiger partial charge in [0.1, 0.15) is 0 Å². The Balaban J connectivity index is 2.13. The van der Waals surface area contributed by atoms with Gasteiger partial charge in [-0.1, -0.05) is 17.8 Å². The Bertz CT molecular complexity index is 587. The van der Waals surface area contributed by atoms with E-state index in [0.717, 1.165) is 11.8 Å². The van der Waals surface area contributed by atoms with Crippen LogP contribution in [0.4, 0.5) is 13.2 Å². The number of nitrogens with zero attached hydrogens (tertiary/aromatic N) is 4. The molecule has 2 rings (SSSR count). The van der Waals surface area contributed by atoms with Crippen LogP contribution in [0.25, 0.3) is 5.65 Å². The highest BCUT2D eigenvalue weighted by atomic mass is 32.2. The molecule has 1 atom stereocenters. The Hall–Kier alpha value is -1.75. The van der Waals surface area contributed by atoms with Crippen LogP contribution in [-0.2, 0) is 0 Å². The largest absolute Gasteiger partial charge is 0.405 e. The number of pyridine rings is 1. The Morgan fingerprint density at radius 2 is 2.17 bits per heavy atom. The lowest BCUT2D eigenvalue weighted by Crippen LogP contribution is -2.23. The van der Waals surface area contributed by atoms with Crippen molar-refractivity contribution in [3.8, 4) is 6.07 Å². The van der Waals surface area contributed by atoms with E-state index >= 15 is 0 Å². The molecular weight excluding hydrogens is 265 g/mol. The van der Waals surface area contributed by atoms with Gasteiger partial charge in [-0.05, 0) is 12.1 Å². The molecule has 2 heterocycles. The molecule has 0 fully saturated rings. The van der Waals surface area contributed by atoms with E-state index in [1.807, 2.05) is 0 Å². The Labute approximate surface area is 104 Å². The molecule has 0 spiro atoms. The van der Waals surface area contributed by atoms with Gasteiger partial charge >= 0.3 is 6.18 Å². The number of aromatic nitrogens is 3. The van der Waals surface area contributed by atoms with Crippen LogP contribution in [0.15, 0.2) is 29.6 Å². The molecule has 8 heteroatoms. The molecule has 18 heavy (non-hydrogen) atoms. The lowest BCUT2D eigenvalue weighted by atomic mass is 10.2. The van der Waals surface area contributed by atoms with Crippen LogP contribution in [0.1, 0.15) is 0 Å². The van der Waals surface area contributed by atoms with Crippen molar-refractivity contribution in [1.29, 1.82) is 5.26 Å². The van der Waals surface area contributed by atoms with Gasteiger partial charge in [-0.25, -0.2) is 0 Å². The third-order valence-electron chi connectivity index (χ3n) is 2.21. The summed E-state index contributed by atoms with van der Waals surface area (Å²) in [5.74, 6) is -2.39. The molecular formula is C10H7F3N4S. The van der Waals surface area contributed by atoms with Gasteiger partial charge in [-0.2, -0.15) is 18.4 Å². The average Bonchev–Trinajstić information content (AvgIpc) is 2.72. The first kappa shape index (κ1) is 12.7. The summed E-state index contributed by atoms with van der Waals surface area (Å²) in [5.41, 5.74) is 0.556. The maximum Gasteiger partial charge on any atom is 0.405 e. The smallest absolute Gasteiger partial charge is 0.277 e. The Kier molecular flexibility index (Phi) is 3.43. The highest BCUT2D eigenvalue weighted by molar-refractivity contribution is 7.99. The first-order chi connectivity index (χ1) is 8.52. The van der Waals surface area contributed by atoms with Crippen molar-refractivity contribution < 1.29 is 13.2 Å². The quantitative estimate of drug-likeness (QED) is 0.806. The molecule has 0 aliphatic rings. The zero-order valence-electron chi connectivity index (χ0n) is 8.92. The van der Waals surface area contributed by atoms with Gasteiger partial charge in [0.05, 0.1) is 6.07 Å². The minimum atomic E-state index is -4.51. The van der Waals surface area contributed by atoms with Crippen LogP contribution in [0, 0.1) is 17.2 Å². The van der Waals surface area contributed by atoms with Crippen molar-refractivity contribution in [2.45, 2.75) is 11.3 Å². The van der Waals surface area contributed by atoms with E-state index in [0.29, 0.717) is 10.8 Å². The fraction of sp³-hybridized carbons (Fsp3) is 0.300. The topological polar surface area (TPSA) is 54.0 Å². The number of fused-ring (bicyclic) bond motifs is 1. The van der Waals surface area contributed by atoms with Gasteiger partial charge in [0.2, 0.25) is 0 Å². The molecule has 2 aromatic rings. The molecule has 1 unspecified atom stereocenters. The van der Waals surface area contributed by atoms with Crippen molar-refractivity contribution in [1.82, 2.24) is 14.6 Å². The van der Waals surface area contributed by atoms with Gasteiger partial charge in [0, 0.05) is 11.9 Å². The summed E-state index contributed by atoms with van der Waals surface area (Å²) >= 11 is 0.863. The van der Waals surface area contributed by atoms with Crippen molar-refractivity contribution in [3.05, 3.63) is 24.4 Å². The van der Waals surface area contributed by atoms with E-state index in [9.17, 15) is 13.2 Å². The molecule has 0 aromatic carbocycles. The number of hydrogen-bond acceptors (Lipinski definition) is 4. The lowest BCUT2D eigenvalue weighted by Gasteiger charge is -2.11. The van der Waals surface area contributed by atoms with E-state index in [1.165, 1.54) is 6.07 Å². The second-order valence-corrected chi connectivity index (χ2v) is 4.43. The summed E-state index contributed by atoms with van der Waals surface area (Å²) in [6.45, 7) is 0. The summed E-state index contributed by atoms with van der Waals surface area (Å²) in [5, 5.41) is 16.4. The minimum absolute atomic E-state index is 0.343. The normalized spacial score (nSPS) is 13.4. The number of nitriles is 1. The Morgan fingerprint density at radius 3 is 2.83 bits per heavy atom. The van der Waals surface area contributed by atoms with Gasteiger partial charge in [-0.3, -0.25) is 4.40 Å². The summed E-state index contributed by atoms with van der Waals surface area (Å²) in [6.07, 6.45) is -2.85. The molecule has 0 saturated carbocycles. The summed E-state index contributed by atoms with van der Waals surface area (Å²) in [7, 11) is 0. The van der Waals surface area contributed by atoms with Crippen molar-refractivity contribution in [2.75, 3.05) is 5.75 Å². The van der Waals surface area contributed by atoms with Gasteiger partial charge in [0.25, 0.3) is 0 Å². The number of thioether (sulfide) groups is 1. The van der Waals surface area contributed by atoms with E-state index in [2.05, 4.69) is 10.2 Å². The third-order valence-corrected chi connectivity index (χ3v) is 3.25. The highest BCUT2D eigenvalue weighted by Gasteiger charge is 2.40. The van der Waals surface area contributed by atoms with E-state index in [1.54, 1.807) is 28.8 Å². The summed E-state index contributed by atoms with van der Waals surface area (Å²) in [6, 6.07) is 6.43. The maximum atomic E-state index is 12.4. The van der Waals surface area contributed by atoms with Crippen LogP contribution in [0.3, 0.4) is 0 Å². The molecule has 0 aliphatic heterocycles. The zero-order chi connectivity index (χ0) is 13.2. The number of hydrogen-bond donors (Lipinski definition) is 0. The van der Waals surface area contributed by atoms with E-state index in [-0.39, 0.29) is 0 Å². The summed E-state index contributed by atoms with van der Waals surface area (Å²) in [4.78, 5) is 0. The van der Waals surface area contributed by atoms with Crippen LogP contribution >= 0.6 is 11.8 Å². The minimum Gasteiger partial charge on any atom is -0.277 e. The number of halogens is 3. The Morgan fingerprint density at radius 1 is 1.39 bits per heavy atom. The van der Waals surface area contributed by atoms with Crippen molar-refractivity contribution in [3.63, 3.8) is 0 Å². The highest BCUT2D eigenvalue weighted by Crippen LogP contribution is 2.30. The predicted octanol–water partition coefficient (Wildman–Crippen LogP) is 2.52. The third kappa shape index (κ3) is 2.56. The fourth-order valence-corrected chi connectivity index (χ4v) is 2.25. The monoisotopic (exact) mass is 272 g/mol. The zero-order valence-corrected chi connectivity index (χ0v) is 9.74. The molecule has 2 aromatic heterocycles. The number of rotatable bonds is 3. The second-order valence-electron chi connectivity index (χ2n) is 3.45. The molecule has 0 N–H and O–H groups in total. The van der Waals surface area contributed by atoms with Gasteiger partial charge in [-0.15, -0.1) is 10.2 Å². The van der Waals surface area contributed by atoms with Crippen LogP contribution in [-0.4, -0.2) is 26.5 Å². The standard InChI is InChI=1S/C10H7F3N4S/c11-10(12,13)7(5-14)6-18-9-16-15-8-3-1-2-4-17(8)9/h1-4,7H,6H2. The van der Waals surface area contributed by atoms with Crippen LogP contribution in [0.2, 0.25) is 0 Å². The molecule has 0 bridgehead atoms. The first-order valence-corrected chi connectivity index (χ1v) is 5.90. The van der Waals surface area contributed by atoms with E-state index < -0.39 is 17.8 Å². The van der Waals surface area contributed by atoms with Crippen LogP contribution < -0.4 is 0 Å². The summed E-state index contributed by atoms with van der Waals surface area (Å²) < 4.78 is 38.7. The molecule has 0 saturated heterocycles. The molecule has 0 amide bonds. The van der Waals surface area contributed by atoms with E-state index in [4.69, 9.17) is 5.26 Å². The van der Waals surface area contributed by atoms with Gasteiger partial charge in [0.15, 0.2) is 16.7 Å². The number of alkyl halides is 3. The first-order valence-electron chi connectivity index (χ1n) is 4.91. The molecule has 0 aliphatic carbocycles. The predicted molar refractivity (Wildman–Crippen MR) is 58.9 cm³/mol. The SMILES string of the molecule is N#CC(CSc1nnc2ccccn12)C(F)(F)F. The lowest BCUT2D eigenvalue weighted by molar-refractivity contribution is -0.152. The average molecular weight is 272 g/mol. The second kappa shape index (κ2) is 4.86. The molecule has 4 nitrogen and oxygen atoms in total. The molecule has 94 valence electrons. The van der Waals surface area contributed by atoms with Gasteiger partial charge < -0.3 is 0 Å². The van der Waals surface area contributed by atoms with Crippen molar-refractivity contribution in [2.24, 2.45) is 5.92 Å². The maximum absolute atomic E-state index is 12.4. The van der Waals surface area contributed by atoms with Crippen LogP contribution in [0.5, 0.6) is 0 Å². The fourth-order valence-electron chi connectivity index (χ4n) is 1.28. The van der Waals surface area contributed by atoms with Crippen molar-refractivity contribution >= 4 is 17.4 Å².